The van der Waals surface area contributed by atoms with Crippen LogP contribution in [0.1, 0.15) is 27.7 Å². The fraction of sp³-hybridized carbons (Fsp3) is 0.231. The molecule has 5 aromatic rings. The fourth-order valence-corrected chi connectivity index (χ4v) is 3.80. The number of rotatable bonds is 5. The number of carbonyl (C=O) groups excluding carboxylic acids is 1. The van der Waals surface area contributed by atoms with Crippen LogP contribution < -0.4 is 4.90 Å². The Hall–Kier alpha value is -4.67. The maximum atomic E-state index is 13.7. The van der Waals surface area contributed by atoms with Crippen LogP contribution in [0.3, 0.4) is 0 Å². The summed E-state index contributed by atoms with van der Waals surface area (Å²) in [5.74, 6) is 0.642. The van der Waals surface area contributed by atoms with Crippen LogP contribution in [0.25, 0.3) is 33.8 Å². The van der Waals surface area contributed by atoms with Crippen molar-refractivity contribution in [2.24, 2.45) is 0 Å². The van der Waals surface area contributed by atoms with E-state index in [2.05, 4.69) is 20.3 Å². The van der Waals surface area contributed by atoms with Gasteiger partial charge in [-0.2, -0.15) is 9.61 Å². The van der Waals surface area contributed by atoms with Crippen LogP contribution in [0.4, 0.5) is 15.0 Å². The van der Waals surface area contributed by atoms with Crippen molar-refractivity contribution in [1.29, 1.82) is 0 Å². The predicted molar refractivity (Wildman–Crippen MR) is 136 cm³/mol. The molecule has 0 N–H and O–H groups in total. The van der Waals surface area contributed by atoms with Crippen LogP contribution in [0.5, 0.6) is 0 Å². The lowest BCUT2D eigenvalue weighted by Crippen LogP contribution is -2.37. The van der Waals surface area contributed by atoms with Crippen LogP contribution in [-0.4, -0.2) is 52.8 Å². The number of hydrogen-bond acceptors (Lipinski definition) is 7. The Morgan fingerprint density at radius 1 is 1.05 bits per heavy atom. The number of carbonyl (C=O) groups is 1. The number of fused-ring (bicyclic) bond motifs is 1. The number of halogens is 1. The molecule has 1 aromatic carbocycles. The van der Waals surface area contributed by atoms with Crippen molar-refractivity contribution in [3.05, 3.63) is 73.1 Å². The maximum absolute atomic E-state index is 13.7. The summed E-state index contributed by atoms with van der Waals surface area (Å²) in [6, 6.07) is 13.3. The number of aromatic nitrogens is 7. The average Bonchev–Trinajstić information content (AvgIpc) is 3.51. The van der Waals surface area contributed by atoms with Gasteiger partial charge in [-0.3, -0.25) is 4.90 Å². The molecule has 1 amide bonds. The molecule has 0 radical (unpaired) electrons. The Morgan fingerprint density at radius 2 is 1.84 bits per heavy atom. The zero-order valence-corrected chi connectivity index (χ0v) is 20.8. The first-order valence-electron chi connectivity index (χ1n) is 11.7. The highest BCUT2D eigenvalue weighted by molar-refractivity contribution is 5.88. The quantitative estimate of drug-likeness (QED) is 0.337. The molecule has 0 spiro atoms. The molecule has 0 aliphatic heterocycles. The second-order valence-electron chi connectivity index (χ2n) is 9.30. The molecule has 4 heterocycles. The van der Waals surface area contributed by atoms with Gasteiger partial charge < -0.3 is 4.74 Å². The van der Waals surface area contributed by atoms with Crippen LogP contribution >= 0.6 is 0 Å². The van der Waals surface area contributed by atoms with Gasteiger partial charge in [0, 0.05) is 30.1 Å². The third kappa shape index (κ3) is 5.01. The Morgan fingerprint density at radius 3 is 2.57 bits per heavy atom. The largest absolute Gasteiger partial charge is 0.443 e. The zero-order chi connectivity index (χ0) is 26.2. The molecule has 10 nitrogen and oxygen atoms in total. The summed E-state index contributed by atoms with van der Waals surface area (Å²) in [6.45, 7) is 7.68. The molecule has 5 rings (SSSR count). The van der Waals surface area contributed by atoms with Crippen molar-refractivity contribution in [3.63, 3.8) is 0 Å². The summed E-state index contributed by atoms with van der Waals surface area (Å²) in [6.07, 6.45) is 4.49. The first-order valence-corrected chi connectivity index (χ1v) is 11.7. The Balaban J connectivity index is 1.60. The molecule has 4 aromatic heterocycles. The van der Waals surface area contributed by atoms with E-state index in [0.717, 1.165) is 16.7 Å². The molecule has 0 saturated carbocycles. The van der Waals surface area contributed by atoms with E-state index in [4.69, 9.17) is 9.84 Å². The molecule has 37 heavy (non-hydrogen) atoms. The van der Waals surface area contributed by atoms with E-state index in [0.29, 0.717) is 29.5 Å². The van der Waals surface area contributed by atoms with Crippen LogP contribution in [0.2, 0.25) is 0 Å². The Labute approximate surface area is 212 Å². The third-order valence-electron chi connectivity index (χ3n) is 5.48. The summed E-state index contributed by atoms with van der Waals surface area (Å²) < 4.78 is 22.4. The lowest BCUT2D eigenvalue weighted by molar-refractivity contribution is 0.0581. The lowest BCUT2D eigenvalue weighted by atomic mass is 10.0. The summed E-state index contributed by atoms with van der Waals surface area (Å²) in [7, 11) is 0. The second-order valence-corrected chi connectivity index (χ2v) is 9.30. The third-order valence-corrected chi connectivity index (χ3v) is 5.48. The summed E-state index contributed by atoms with van der Waals surface area (Å²) in [5.41, 5.74) is 2.82. The van der Waals surface area contributed by atoms with E-state index >= 15 is 0 Å². The smallest absolute Gasteiger partial charge is 0.415 e. The standard InChI is InChI=1S/C26H25FN8O2/c1-5-33(25(36)37-26(2,3)4)23-14-18(12-13-28-23)20-15-34(22-11-10-21-30-29-16-35(21)31-22)32-24(20)17-6-8-19(27)9-7-17/h6-16H,5H2,1-4H3. The first kappa shape index (κ1) is 24.0. The monoisotopic (exact) mass is 500 g/mol. The fourth-order valence-electron chi connectivity index (χ4n) is 3.80. The van der Waals surface area contributed by atoms with Crippen molar-refractivity contribution in [3.8, 4) is 28.2 Å². The van der Waals surface area contributed by atoms with E-state index < -0.39 is 11.7 Å². The summed E-state index contributed by atoms with van der Waals surface area (Å²) >= 11 is 0. The molecule has 188 valence electrons. The molecule has 0 atom stereocenters. The van der Waals surface area contributed by atoms with Crippen molar-refractivity contribution in [2.75, 3.05) is 11.4 Å². The van der Waals surface area contributed by atoms with Crippen molar-refractivity contribution >= 4 is 17.6 Å². The molecule has 11 heteroatoms. The molecule has 0 fully saturated rings. The summed E-state index contributed by atoms with van der Waals surface area (Å²) in [5, 5.41) is 17.2. The van der Waals surface area contributed by atoms with Gasteiger partial charge in [0.25, 0.3) is 0 Å². The minimum Gasteiger partial charge on any atom is -0.443 e. The number of ether oxygens (including phenoxy) is 1. The van der Waals surface area contributed by atoms with E-state index in [1.54, 1.807) is 45.7 Å². The maximum Gasteiger partial charge on any atom is 0.415 e. The van der Waals surface area contributed by atoms with Gasteiger partial charge in [0.15, 0.2) is 11.5 Å². The Bertz CT molecular complexity index is 1570. The van der Waals surface area contributed by atoms with Crippen molar-refractivity contribution < 1.29 is 13.9 Å². The van der Waals surface area contributed by atoms with Crippen LogP contribution in [-0.2, 0) is 4.74 Å². The highest BCUT2D eigenvalue weighted by Gasteiger charge is 2.24. The van der Waals surface area contributed by atoms with Gasteiger partial charge >= 0.3 is 6.09 Å². The molecule has 0 bridgehead atoms. The number of benzene rings is 1. The minimum absolute atomic E-state index is 0.341. The van der Waals surface area contributed by atoms with E-state index in [1.165, 1.54) is 23.4 Å². The normalized spacial score (nSPS) is 11.6. The van der Waals surface area contributed by atoms with Gasteiger partial charge in [-0.15, -0.1) is 15.3 Å². The molecule has 0 unspecified atom stereocenters. The van der Waals surface area contributed by atoms with Gasteiger partial charge in [0.1, 0.15) is 29.3 Å². The van der Waals surface area contributed by atoms with E-state index in [1.807, 2.05) is 40.0 Å². The number of hydrogen-bond donors (Lipinski definition) is 0. The lowest BCUT2D eigenvalue weighted by Gasteiger charge is -2.26. The zero-order valence-electron chi connectivity index (χ0n) is 20.8. The SMILES string of the molecule is CCN(C(=O)OC(C)(C)C)c1cc(-c2cn(-c3ccc4nncn4n3)nc2-c2ccc(F)cc2)ccn1. The second kappa shape index (κ2) is 9.41. The van der Waals surface area contributed by atoms with Gasteiger partial charge in [0.2, 0.25) is 0 Å². The number of nitrogens with zero attached hydrogens (tertiary/aromatic N) is 8. The van der Waals surface area contributed by atoms with Crippen molar-refractivity contribution in [1.82, 2.24) is 34.6 Å². The van der Waals surface area contributed by atoms with Gasteiger partial charge in [0.05, 0.1) is 0 Å². The molecule has 0 saturated heterocycles. The van der Waals surface area contributed by atoms with E-state index in [-0.39, 0.29) is 5.82 Å². The molecule has 0 aliphatic rings. The van der Waals surface area contributed by atoms with Crippen LogP contribution in [0, 0.1) is 5.82 Å². The molecular formula is C26H25FN8O2. The topological polar surface area (TPSA) is 103 Å². The number of amides is 1. The summed E-state index contributed by atoms with van der Waals surface area (Å²) in [4.78, 5) is 18.7. The molecular weight excluding hydrogens is 475 g/mol. The first-order chi connectivity index (χ1) is 17.7. The van der Waals surface area contributed by atoms with E-state index in [9.17, 15) is 9.18 Å². The number of pyridine rings is 1. The molecule has 0 aliphatic carbocycles. The van der Waals surface area contributed by atoms with Gasteiger partial charge in [-0.1, -0.05) is 0 Å². The highest BCUT2D eigenvalue weighted by Crippen LogP contribution is 2.33. The van der Waals surface area contributed by atoms with Gasteiger partial charge in [-0.05, 0) is 81.8 Å². The number of anilines is 1. The Kier molecular flexibility index (Phi) is 6.12. The van der Waals surface area contributed by atoms with Gasteiger partial charge in [-0.25, -0.2) is 18.9 Å². The minimum atomic E-state index is -0.641. The van der Waals surface area contributed by atoms with Crippen molar-refractivity contribution in [2.45, 2.75) is 33.3 Å². The highest BCUT2D eigenvalue weighted by atomic mass is 19.1. The van der Waals surface area contributed by atoms with Crippen LogP contribution in [0.15, 0.2) is 67.3 Å². The predicted octanol–water partition coefficient (Wildman–Crippen LogP) is 4.94. The average molecular weight is 501 g/mol.